The van der Waals surface area contributed by atoms with E-state index < -0.39 is 0 Å². The van der Waals surface area contributed by atoms with Crippen molar-refractivity contribution in [2.45, 2.75) is 0 Å². The Morgan fingerprint density at radius 2 is 1.95 bits per heavy atom. The molecule has 0 aliphatic carbocycles. The lowest BCUT2D eigenvalue weighted by atomic mass is 10.1. The molecular formula is C15H9IN4. The van der Waals surface area contributed by atoms with Crippen LogP contribution in [0.15, 0.2) is 48.9 Å². The van der Waals surface area contributed by atoms with Gasteiger partial charge in [-0.1, -0.05) is 0 Å². The molecule has 0 aromatic carbocycles. The minimum atomic E-state index is 0.886. The zero-order valence-corrected chi connectivity index (χ0v) is 12.5. The summed E-state index contributed by atoms with van der Waals surface area (Å²) in [4.78, 5) is 16.4. The van der Waals surface area contributed by atoms with E-state index in [0.717, 1.165) is 36.9 Å². The van der Waals surface area contributed by atoms with Gasteiger partial charge in [0.25, 0.3) is 0 Å². The van der Waals surface area contributed by atoms with Gasteiger partial charge in [0.05, 0.1) is 11.2 Å². The number of nitrogens with one attached hydrogen (secondary N) is 1. The minimum absolute atomic E-state index is 0.886. The van der Waals surface area contributed by atoms with Gasteiger partial charge in [0, 0.05) is 34.9 Å². The van der Waals surface area contributed by atoms with Crippen molar-refractivity contribution >= 4 is 44.5 Å². The third-order valence-corrected chi connectivity index (χ3v) is 3.87. The number of pyridine rings is 3. The van der Waals surface area contributed by atoms with Crippen LogP contribution in [-0.4, -0.2) is 19.9 Å². The molecule has 0 amide bonds. The highest BCUT2D eigenvalue weighted by Crippen LogP contribution is 2.26. The highest BCUT2D eigenvalue weighted by molar-refractivity contribution is 14.1. The van der Waals surface area contributed by atoms with Crippen molar-refractivity contribution in [3.63, 3.8) is 0 Å². The summed E-state index contributed by atoms with van der Waals surface area (Å²) in [6.07, 6.45) is 5.45. The van der Waals surface area contributed by atoms with Crippen LogP contribution in [0.3, 0.4) is 0 Å². The van der Waals surface area contributed by atoms with E-state index in [0.29, 0.717) is 0 Å². The van der Waals surface area contributed by atoms with Gasteiger partial charge >= 0.3 is 0 Å². The van der Waals surface area contributed by atoms with Crippen molar-refractivity contribution in [3.8, 4) is 11.3 Å². The Labute approximate surface area is 128 Å². The first-order chi connectivity index (χ1) is 9.81. The summed E-state index contributed by atoms with van der Waals surface area (Å²) in [6.45, 7) is 0. The highest BCUT2D eigenvalue weighted by atomic mass is 127. The second-order valence-electron chi connectivity index (χ2n) is 4.51. The van der Waals surface area contributed by atoms with Crippen LogP contribution in [0.5, 0.6) is 0 Å². The molecule has 0 spiro atoms. The van der Waals surface area contributed by atoms with Crippen LogP contribution in [0.2, 0.25) is 0 Å². The van der Waals surface area contributed by atoms with Crippen LogP contribution in [0.1, 0.15) is 0 Å². The molecule has 0 atom stereocenters. The van der Waals surface area contributed by atoms with Crippen LogP contribution < -0.4 is 0 Å². The molecule has 0 aliphatic heterocycles. The molecule has 4 rings (SSSR count). The summed E-state index contributed by atoms with van der Waals surface area (Å²) < 4.78 is 0.961. The maximum atomic E-state index is 4.71. The first-order valence-electron chi connectivity index (χ1n) is 6.16. The van der Waals surface area contributed by atoms with Crippen molar-refractivity contribution in [2.75, 3.05) is 0 Å². The molecular weight excluding hydrogens is 363 g/mol. The van der Waals surface area contributed by atoms with Crippen LogP contribution in [0.4, 0.5) is 0 Å². The fourth-order valence-corrected chi connectivity index (χ4v) is 2.84. The molecule has 4 heterocycles. The molecule has 0 unspecified atom stereocenters. The number of halogens is 1. The van der Waals surface area contributed by atoms with E-state index in [2.05, 4.69) is 43.6 Å². The van der Waals surface area contributed by atoms with E-state index in [1.165, 1.54) is 0 Å². The summed E-state index contributed by atoms with van der Waals surface area (Å²) in [7, 11) is 0. The molecule has 0 bridgehead atoms. The van der Waals surface area contributed by atoms with E-state index in [4.69, 9.17) is 4.98 Å². The zero-order valence-electron chi connectivity index (χ0n) is 10.3. The predicted octanol–water partition coefficient (Wildman–Crippen LogP) is 3.78. The van der Waals surface area contributed by atoms with E-state index in [1.54, 1.807) is 12.4 Å². The van der Waals surface area contributed by atoms with Crippen molar-refractivity contribution in [2.24, 2.45) is 0 Å². The van der Waals surface area contributed by atoms with E-state index >= 15 is 0 Å². The second kappa shape index (κ2) is 4.52. The fraction of sp³-hybridized carbons (Fsp3) is 0. The summed E-state index contributed by atoms with van der Waals surface area (Å²) in [6, 6.07) is 10.1. The molecule has 1 N–H and O–H groups in total. The average Bonchev–Trinajstić information content (AvgIpc) is 2.85. The average molecular weight is 372 g/mol. The molecule has 0 aliphatic rings. The van der Waals surface area contributed by atoms with Crippen molar-refractivity contribution in [3.05, 3.63) is 52.6 Å². The Bertz CT molecular complexity index is 929. The molecule has 0 radical (unpaired) electrons. The maximum Gasteiger partial charge on any atom is 0.139 e. The molecule has 0 saturated heterocycles. The van der Waals surface area contributed by atoms with Gasteiger partial charge in [-0.05, 0) is 52.9 Å². The monoisotopic (exact) mass is 372 g/mol. The van der Waals surface area contributed by atoms with Gasteiger partial charge in [0.1, 0.15) is 9.35 Å². The number of aromatic amines is 1. The summed E-state index contributed by atoms with van der Waals surface area (Å²) >= 11 is 2.21. The van der Waals surface area contributed by atoms with Crippen molar-refractivity contribution in [1.82, 2.24) is 19.9 Å². The van der Waals surface area contributed by atoms with Crippen molar-refractivity contribution < 1.29 is 0 Å². The van der Waals surface area contributed by atoms with Crippen LogP contribution in [0, 0.1) is 3.70 Å². The first-order valence-corrected chi connectivity index (χ1v) is 7.23. The SMILES string of the molecule is Ic1cc(-c2ccc3c(n2)[nH]c2ccncc23)ccn1. The second-order valence-corrected chi connectivity index (χ2v) is 5.61. The predicted molar refractivity (Wildman–Crippen MR) is 87.3 cm³/mol. The molecule has 96 valence electrons. The topological polar surface area (TPSA) is 54.5 Å². The third-order valence-electron chi connectivity index (χ3n) is 3.28. The van der Waals surface area contributed by atoms with E-state index in [1.807, 2.05) is 30.5 Å². The van der Waals surface area contributed by atoms with E-state index in [9.17, 15) is 0 Å². The van der Waals surface area contributed by atoms with Gasteiger partial charge in [-0.2, -0.15) is 0 Å². The van der Waals surface area contributed by atoms with E-state index in [-0.39, 0.29) is 0 Å². The Hall–Kier alpha value is -2.02. The van der Waals surface area contributed by atoms with Crippen LogP contribution >= 0.6 is 22.6 Å². The Balaban J connectivity index is 1.97. The maximum absolute atomic E-state index is 4.71. The highest BCUT2D eigenvalue weighted by Gasteiger charge is 2.07. The van der Waals surface area contributed by atoms with Crippen LogP contribution in [0.25, 0.3) is 33.2 Å². The number of H-pyrrole nitrogens is 1. The number of rotatable bonds is 1. The lowest BCUT2D eigenvalue weighted by molar-refractivity contribution is 1.26. The van der Waals surface area contributed by atoms with Gasteiger partial charge in [-0.15, -0.1) is 0 Å². The number of aromatic nitrogens is 4. The number of hydrogen-bond acceptors (Lipinski definition) is 3. The molecule has 4 aromatic rings. The third kappa shape index (κ3) is 1.85. The van der Waals surface area contributed by atoms with Crippen LogP contribution in [-0.2, 0) is 0 Å². The molecule has 4 nitrogen and oxygen atoms in total. The molecule has 5 heteroatoms. The quantitative estimate of drug-likeness (QED) is 0.409. The summed E-state index contributed by atoms with van der Waals surface area (Å²) in [5.41, 5.74) is 3.96. The smallest absolute Gasteiger partial charge is 0.139 e. The standard InChI is InChI=1S/C15H9IN4/c16-14-7-9(3-6-18-14)12-2-1-10-11-8-17-5-4-13(11)20-15(10)19-12/h1-8H,(H,19,20). The molecule has 20 heavy (non-hydrogen) atoms. The molecule has 0 fully saturated rings. The first kappa shape index (κ1) is 11.8. The lowest BCUT2D eigenvalue weighted by Gasteiger charge is -2.01. The van der Waals surface area contributed by atoms with Gasteiger partial charge < -0.3 is 4.98 Å². The van der Waals surface area contributed by atoms with Gasteiger partial charge in [0.15, 0.2) is 0 Å². The van der Waals surface area contributed by atoms with Gasteiger partial charge in [-0.25, -0.2) is 4.98 Å². The van der Waals surface area contributed by atoms with Gasteiger partial charge in [-0.3, -0.25) is 9.97 Å². The minimum Gasteiger partial charge on any atom is -0.339 e. The number of hydrogen-bond donors (Lipinski definition) is 1. The summed E-state index contributed by atoms with van der Waals surface area (Å²) in [5, 5.41) is 2.20. The largest absolute Gasteiger partial charge is 0.339 e. The molecule has 0 saturated carbocycles. The summed E-state index contributed by atoms with van der Waals surface area (Å²) in [5.74, 6) is 0. The Morgan fingerprint density at radius 3 is 2.85 bits per heavy atom. The zero-order chi connectivity index (χ0) is 13.5. The Kier molecular flexibility index (Phi) is 2.66. The lowest BCUT2D eigenvalue weighted by Crippen LogP contribution is -1.86. The van der Waals surface area contributed by atoms with Crippen molar-refractivity contribution in [1.29, 1.82) is 0 Å². The fourth-order valence-electron chi connectivity index (χ4n) is 2.34. The molecule has 4 aromatic heterocycles. The van der Waals surface area contributed by atoms with Gasteiger partial charge in [0.2, 0.25) is 0 Å². The Morgan fingerprint density at radius 1 is 1.00 bits per heavy atom. The number of fused-ring (bicyclic) bond motifs is 3. The normalized spacial score (nSPS) is 11.2. The number of nitrogens with zero attached hydrogens (tertiary/aromatic N) is 3.